The second kappa shape index (κ2) is 8.92. The molecule has 30 heavy (non-hydrogen) atoms. The Kier molecular flexibility index (Phi) is 5.90. The Morgan fingerprint density at radius 1 is 1.07 bits per heavy atom. The van der Waals surface area contributed by atoms with Gasteiger partial charge in [0.15, 0.2) is 0 Å². The van der Waals surface area contributed by atoms with Crippen LogP contribution in [0.1, 0.15) is 40.4 Å². The number of carbonyl (C=O) groups excluding carboxylic acids is 1. The molecule has 0 bridgehead atoms. The van der Waals surface area contributed by atoms with Gasteiger partial charge in [0.2, 0.25) is 0 Å². The van der Waals surface area contributed by atoms with Crippen molar-refractivity contribution >= 4 is 5.91 Å². The zero-order valence-electron chi connectivity index (χ0n) is 16.4. The number of H-pyrrole nitrogens is 1. The van der Waals surface area contributed by atoms with Gasteiger partial charge >= 0.3 is 5.69 Å². The standard InChI is InChI=1S/C23H23N3O4/c27-21(19-14-24-23(29)26(22(19)28)15-18-12-7-13-30-18)25-20(16-8-3-1-4-9-16)17-10-5-2-6-11-17/h1-6,8-11,14,18,20H,7,12-13,15H2,(H,24,29)(H,25,27). The molecule has 4 rings (SSSR count). The number of rotatable bonds is 6. The van der Waals surface area contributed by atoms with Crippen LogP contribution in [-0.2, 0) is 11.3 Å². The number of nitrogens with zero attached hydrogens (tertiary/aromatic N) is 1. The van der Waals surface area contributed by atoms with Crippen LogP contribution in [0.5, 0.6) is 0 Å². The summed E-state index contributed by atoms with van der Waals surface area (Å²) in [6.45, 7) is 0.753. The van der Waals surface area contributed by atoms with E-state index in [1.54, 1.807) is 0 Å². The molecule has 3 aromatic rings. The van der Waals surface area contributed by atoms with E-state index in [1.165, 1.54) is 6.20 Å². The lowest BCUT2D eigenvalue weighted by atomic mass is 9.98. The lowest BCUT2D eigenvalue weighted by Crippen LogP contribution is -2.43. The molecule has 0 spiro atoms. The summed E-state index contributed by atoms with van der Waals surface area (Å²) in [7, 11) is 0. The molecule has 1 unspecified atom stereocenters. The molecular weight excluding hydrogens is 382 g/mol. The normalized spacial score (nSPS) is 16.0. The lowest BCUT2D eigenvalue weighted by Gasteiger charge is -2.20. The van der Waals surface area contributed by atoms with Crippen LogP contribution in [0.2, 0.25) is 0 Å². The Hall–Kier alpha value is -3.45. The average Bonchev–Trinajstić information content (AvgIpc) is 3.29. The molecule has 7 heteroatoms. The molecule has 1 saturated heterocycles. The van der Waals surface area contributed by atoms with Crippen molar-refractivity contribution in [2.75, 3.05) is 6.61 Å². The van der Waals surface area contributed by atoms with Crippen molar-refractivity contribution < 1.29 is 9.53 Å². The highest BCUT2D eigenvalue weighted by molar-refractivity contribution is 5.94. The van der Waals surface area contributed by atoms with Crippen molar-refractivity contribution in [1.29, 1.82) is 0 Å². The zero-order chi connectivity index (χ0) is 20.9. The van der Waals surface area contributed by atoms with E-state index in [9.17, 15) is 14.4 Å². The van der Waals surface area contributed by atoms with Crippen LogP contribution in [0.25, 0.3) is 0 Å². The Labute approximate surface area is 173 Å². The third-order valence-electron chi connectivity index (χ3n) is 5.26. The topological polar surface area (TPSA) is 93.2 Å². The third kappa shape index (κ3) is 4.26. The summed E-state index contributed by atoms with van der Waals surface area (Å²) in [6, 6.07) is 18.6. The number of amides is 1. The number of hydrogen-bond donors (Lipinski definition) is 2. The summed E-state index contributed by atoms with van der Waals surface area (Å²) in [4.78, 5) is 40.6. The van der Waals surface area contributed by atoms with Gasteiger partial charge in [-0.2, -0.15) is 0 Å². The van der Waals surface area contributed by atoms with E-state index in [-0.39, 0.29) is 18.2 Å². The molecule has 7 nitrogen and oxygen atoms in total. The van der Waals surface area contributed by atoms with Crippen molar-refractivity contribution in [3.8, 4) is 0 Å². The molecule has 2 N–H and O–H groups in total. The highest BCUT2D eigenvalue weighted by Crippen LogP contribution is 2.22. The molecule has 1 amide bonds. The van der Waals surface area contributed by atoms with Gasteiger partial charge in [0.25, 0.3) is 11.5 Å². The van der Waals surface area contributed by atoms with Crippen LogP contribution in [-0.4, -0.2) is 28.2 Å². The Bertz CT molecular complexity index is 1080. The smallest absolute Gasteiger partial charge is 0.328 e. The minimum Gasteiger partial charge on any atom is -0.376 e. The molecule has 0 aliphatic carbocycles. The van der Waals surface area contributed by atoms with E-state index in [4.69, 9.17) is 4.74 Å². The first-order valence-corrected chi connectivity index (χ1v) is 9.98. The molecule has 0 saturated carbocycles. The number of benzene rings is 2. The van der Waals surface area contributed by atoms with Gasteiger partial charge < -0.3 is 15.0 Å². The second-order valence-corrected chi connectivity index (χ2v) is 7.29. The maximum atomic E-state index is 13.0. The molecule has 1 fully saturated rings. The molecule has 2 aromatic carbocycles. The number of ether oxygens (including phenoxy) is 1. The van der Waals surface area contributed by atoms with Gasteiger partial charge in [-0.05, 0) is 24.0 Å². The van der Waals surface area contributed by atoms with Gasteiger partial charge in [0.05, 0.1) is 18.7 Å². The highest BCUT2D eigenvalue weighted by atomic mass is 16.5. The van der Waals surface area contributed by atoms with E-state index in [1.807, 2.05) is 60.7 Å². The fourth-order valence-corrected chi connectivity index (χ4v) is 3.69. The number of carbonyl (C=O) groups is 1. The second-order valence-electron chi connectivity index (χ2n) is 7.29. The Balaban J connectivity index is 1.64. The fraction of sp³-hybridized carbons (Fsp3) is 0.261. The molecule has 0 radical (unpaired) electrons. The first kappa shape index (κ1) is 19.8. The van der Waals surface area contributed by atoms with Gasteiger partial charge in [-0.3, -0.25) is 14.2 Å². The van der Waals surface area contributed by atoms with Gasteiger partial charge in [0, 0.05) is 12.8 Å². The predicted octanol–water partition coefficient (Wildman–Crippen LogP) is 2.23. The number of aromatic amines is 1. The highest BCUT2D eigenvalue weighted by Gasteiger charge is 2.23. The summed E-state index contributed by atoms with van der Waals surface area (Å²) in [6.07, 6.45) is 2.67. The summed E-state index contributed by atoms with van der Waals surface area (Å²) in [5.41, 5.74) is 0.508. The maximum absolute atomic E-state index is 13.0. The van der Waals surface area contributed by atoms with Crippen molar-refractivity contribution in [2.45, 2.75) is 31.5 Å². The summed E-state index contributed by atoms with van der Waals surface area (Å²) in [5.74, 6) is -0.546. The van der Waals surface area contributed by atoms with Crippen LogP contribution in [0.4, 0.5) is 0 Å². The third-order valence-corrected chi connectivity index (χ3v) is 5.26. The van der Waals surface area contributed by atoms with Crippen molar-refractivity contribution in [3.05, 3.63) is 104 Å². The van der Waals surface area contributed by atoms with Crippen molar-refractivity contribution in [2.24, 2.45) is 0 Å². The van der Waals surface area contributed by atoms with Gasteiger partial charge in [0.1, 0.15) is 5.56 Å². The molecule has 1 atom stereocenters. The van der Waals surface area contributed by atoms with Crippen molar-refractivity contribution in [3.63, 3.8) is 0 Å². The molecule has 154 valence electrons. The minimum atomic E-state index is -0.619. The number of aromatic nitrogens is 2. The fourth-order valence-electron chi connectivity index (χ4n) is 3.69. The van der Waals surface area contributed by atoms with Gasteiger partial charge in [-0.25, -0.2) is 4.79 Å². The summed E-state index contributed by atoms with van der Waals surface area (Å²) in [5, 5.41) is 2.94. The summed E-state index contributed by atoms with van der Waals surface area (Å²) >= 11 is 0. The van der Waals surface area contributed by atoms with E-state index < -0.39 is 23.2 Å². The largest absolute Gasteiger partial charge is 0.376 e. The number of nitrogens with one attached hydrogen (secondary N) is 2. The van der Waals surface area contributed by atoms with Crippen LogP contribution < -0.4 is 16.6 Å². The van der Waals surface area contributed by atoms with E-state index >= 15 is 0 Å². The average molecular weight is 405 g/mol. The minimum absolute atomic E-state index is 0.107. The van der Waals surface area contributed by atoms with Crippen LogP contribution in [0.3, 0.4) is 0 Å². The molecule has 1 aromatic heterocycles. The first-order chi connectivity index (χ1) is 14.6. The first-order valence-electron chi connectivity index (χ1n) is 9.98. The predicted molar refractivity (Wildman–Crippen MR) is 112 cm³/mol. The molecule has 2 heterocycles. The van der Waals surface area contributed by atoms with Crippen LogP contribution in [0, 0.1) is 0 Å². The van der Waals surface area contributed by atoms with Crippen LogP contribution >= 0.6 is 0 Å². The Morgan fingerprint density at radius 2 is 1.70 bits per heavy atom. The molecule has 1 aliphatic rings. The molecule has 1 aliphatic heterocycles. The Morgan fingerprint density at radius 3 is 2.27 bits per heavy atom. The zero-order valence-corrected chi connectivity index (χ0v) is 16.4. The maximum Gasteiger partial charge on any atom is 0.328 e. The van der Waals surface area contributed by atoms with Gasteiger partial charge in [-0.15, -0.1) is 0 Å². The van der Waals surface area contributed by atoms with Crippen molar-refractivity contribution in [1.82, 2.24) is 14.9 Å². The molecular formula is C23H23N3O4. The quantitative estimate of drug-likeness (QED) is 0.658. The number of hydrogen-bond acceptors (Lipinski definition) is 4. The van der Waals surface area contributed by atoms with Gasteiger partial charge in [-0.1, -0.05) is 60.7 Å². The van der Waals surface area contributed by atoms with E-state index in [2.05, 4.69) is 10.3 Å². The van der Waals surface area contributed by atoms with E-state index in [0.717, 1.165) is 28.5 Å². The monoisotopic (exact) mass is 405 g/mol. The van der Waals surface area contributed by atoms with E-state index in [0.29, 0.717) is 6.61 Å². The SMILES string of the molecule is O=C(NC(c1ccccc1)c1ccccc1)c1c[nH]c(=O)n(CC2CCCO2)c1=O. The summed E-state index contributed by atoms with van der Waals surface area (Å²) < 4.78 is 6.58. The lowest BCUT2D eigenvalue weighted by molar-refractivity contribution is 0.0917. The van der Waals surface area contributed by atoms with Crippen LogP contribution in [0.15, 0.2) is 76.4 Å².